The molecule has 0 atom stereocenters. The number of hydrogen-bond acceptors (Lipinski definition) is 5. The molecule has 5 nitrogen and oxygen atoms in total. The Bertz CT molecular complexity index is 706. The molecule has 0 unspecified atom stereocenters. The first kappa shape index (κ1) is 18.5. The van der Waals surface area contributed by atoms with Crippen LogP contribution in [0.2, 0.25) is 0 Å². The van der Waals surface area contributed by atoms with Crippen LogP contribution in [0.15, 0.2) is 48.5 Å². The molecule has 0 aliphatic carbocycles. The summed E-state index contributed by atoms with van der Waals surface area (Å²) in [6.07, 6.45) is 1.80. The molecule has 0 aliphatic heterocycles. The van der Waals surface area contributed by atoms with Crippen molar-refractivity contribution in [3.8, 4) is 11.5 Å². The summed E-state index contributed by atoms with van der Waals surface area (Å²) in [5.74, 6) is -0.0668. The number of carbonyl (C=O) groups excluding carboxylic acids is 2. The molecule has 0 aliphatic rings. The number of para-hydroxylation sites is 1. The van der Waals surface area contributed by atoms with E-state index in [0.717, 1.165) is 12.8 Å². The van der Waals surface area contributed by atoms with Crippen LogP contribution in [-0.4, -0.2) is 25.2 Å². The van der Waals surface area contributed by atoms with Crippen LogP contribution >= 0.6 is 0 Å². The zero-order valence-electron chi connectivity index (χ0n) is 14.5. The van der Waals surface area contributed by atoms with Gasteiger partial charge in [0.05, 0.1) is 18.8 Å². The van der Waals surface area contributed by atoms with Crippen molar-refractivity contribution in [3.63, 3.8) is 0 Å². The maximum Gasteiger partial charge on any atom is 0.347 e. The van der Waals surface area contributed by atoms with Crippen LogP contribution in [-0.2, 0) is 4.74 Å². The van der Waals surface area contributed by atoms with Gasteiger partial charge in [-0.1, -0.05) is 25.5 Å². The quantitative estimate of drug-likeness (QED) is 0.407. The van der Waals surface area contributed by atoms with Gasteiger partial charge in [-0.15, -0.1) is 0 Å². The van der Waals surface area contributed by atoms with Crippen LogP contribution < -0.4 is 9.47 Å². The second kappa shape index (κ2) is 9.47. The van der Waals surface area contributed by atoms with E-state index < -0.39 is 5.97 Å². The third-order valence-electron chi connectivity index (χ3n) is 3.44. The maximum absolute atomic E-state index is 12.3. The van der Waals surface area contributed by atoms with Crippen LogP contribution in [0.1, 0.15) is 47.4 Å². The molecule has 25 heavy (non-hydrogen) atoms. The normalized spacial score (nSPS) is 10.2. The number of rotatable bonds is 8. The molecule has 132 valence electrons. The van der Waals surface area contributed by atoms with Crippen molar-refractivity contribution in [2.45, 2.75) is 26.7 Å². The summed E-state index contributed by atoms with van der Waals surface area (Å²) in [5.41, 5.74) is 0.776. The second-order valence-corrected chi connectivity index (χ2v) is 5.33. The minimum atomic E-state index is -0.512. The summed E-state index contributed by atoms with van der Waals surface area (Å²) in [5, 5.41) is 0. The Labute approximate surface area is 147 Å². The van der Waals surface area contributed by atoms with Crippen molar-refractivity contribution < 1.29 is 23.8 Å². The molecule has 0 N–H and O–H groups in total. The van der Waals surface area contributed by atoms with Crippen molar-refractivity contribution in [2.75, 3.05) is 13.2 Å². The molecule has 0 saturated carbocycles. The van der Waals surface area contributed by atoms with Gasteiger partial charge in [-0.2, -0.15) is 0 Å². The van der Waals surface area contributed by atoms with Crippen molar-refractivity contribution in [3.05, 3.63) is 59.7 Å². The lowest BCUT2D eigenvalue weighted by Gasteiger charge is -2.10. The third-order valence-corrected chi connectivity index (χ3v) is 3.44. The highest BCUT2D eigenvalue weighted by molar-refractivity contribution is 5.94. The topological polar surface area (TPSA) is 61.8 Å². The van der Waals surface area contributed by atoms with Crippen molar-refractivity contribution in [1.29, 1.82) is 0 Å². The van der Waals surface area contributed by atoms with Gasteiger partial charge in [-0.3, -0.25) is 0 Å². The summed E-state index contributed by atoms with van der Waals surface area (Å²) in [4.78, 5) is 24.2. The number of ether oxygens (including phenoxy) is 3. The van der Waals surface area contributed by atoms with Crippen molar-refractivity contribution >= 4 is 11.9 Å². The van der Waals surface area contributed by atoms with Gasteiger partial charge >= 0.3 is 11.9 Å². The molecule has 0 aromatic heterocycles. The molecular weight excluding hydrogens is 320 g/mol. The molecule has 0 heterocycles. The molecule has 2 rings (SSSR count). The number of unbranched alkanes of at least 4 members (excludes halogenated alkanes) is 1. The van der Waals surface area contributed by atoms with Gasteiger partial charge in [-0.05, 0) is 49.7 Å². The summed E-state index contributed by atoms with van der Waals surface area (Å²) in [7, 11) is 0. The molecule has 0 radical (unpaired) electrons. The third kappa shape index (κ3) is 5.35. The Morgan fingerprint density at radius 2 is 1.64 bits per heavy atom. The fourth-order valence-electron chi connectivity index (χ4n) is 2.13. The standard InChI is InChI=1S/C20H22O5/c1-3-5-14-24-19(21)15-10-12-16(13-11-15)25-20(22)17-8-6-7-9-18(17)23-4-2/h6-13H,3-5,14H2,1-2H3. The van der Waals surface area contributed by atoms with Gasteiger partial charge in [0.2, 0.25) is 0 Å². The first-order chi connectivity index (χ1) is 12.2. The van der Waals surface area contributed by atoms with E-state index in [1.807, 2.05) is 13.8 Å². The van der Waals surface area contributed by atoms with Gasteiger partial charge in [0.15, 0.2) is 0 Å². The average Bonchev–Trinajstić information content (AvgIpc) is 2.63. The molecule has 2 aromatic carbocycles. The predicted octanol–water partition coefficient (Wildman–Crippen LogP) is 4.26. The van der Waals surface area contributed by atoms with E-state index in [2.05, 4.69) is 0 Å². The van der Waals surface area contributed by atoms with E-state index in [4.69, 9.17) is 14.2 Å². The van der Waals surface area contributed by atoms with E-state index in [9.17, 15) is 9.59 Å². The largest absolute Gasteiger partial charge is 0.493 e. The minimum absolute atomic E-state index is 0.349. The zero-order chi connectivity index (χ0) is 18.1. The number of benzene rings is 2. The van der Waals surface area contributed by atoms with Gasteiger partial charge in [0, 0.05) is 0 Å². The summed E-state index contributed by atoms with van der Waals surface area (Å²) in [6.45, 7) is 4.74. The van der Waals surface area contributed by atoms with Crippen LogP contribution in [0, 0.1) is 0 Å². The van der Waals surface area contributed by atoms with E-state index >= 15 is 0 Å². The van der Waals surface area contributed by atoms with Crippen LogP contribution in [0.25, 0.3) is 0 Å². The van der Waals surface area contributed by atoms with E-state index in [1.54, 1.807) is 48.5 Å². The van der Waals surface area contributed by atoms with E-state index in [-0.39, 0.29) is 5.97 Å². The van der Waals surface area contributed by atoms with Gasteiger partial charge in [-0.25, -0.2) is 9.59 Å². The maximum atomic E-state index is 12.3. The highest BCUT2D eigenvalue weighted by Crippen LogP contribution is 2.21. The highest BCUT2D eigenvalue weighted by atomic mass is 16.5. The van der Waals surface area contributed by atoms with E-state index in [1.165, 1.54) is 0 Å². The lowest BCUT2D eigenvalue weighted by molar-refractivity contribution is 0.0499. The lowest BCUT2D eigenvalue weighted by atomic mass is 10.2. The molecule has 5 heteroatoms. The monoisotopic (exact) mass is 342 g/mol. The molecule has 0 bridgehead atoms. The second-order valence-electron chi connectivity index (χ2n) is 5.33. The predicted molar refractivity (Wildman–Crippen MR) is 94.2 cm³/mol. The Morgan fingerprint density at radius 3 is 2.32 bits per heavy atom. The van der Waals surface area contributed by atoms with Gasteiger partial charge in [0.1, 0.15) is 17.1 Å². The molecule has 0 saturated heterocycles. The SMILES string of the molecule is CCCCOC(=O)c1ccc(OC(=O)c2ccccc2OCC)cc1. The minimum Gasteiger partial charge on any atom is -0.493 e. The first-order valence-electron chi connectivity index (χ1n) is 8.37. The van der Waals surface area contributed by atoms with Crippen LogP contribution in [0.3, 0.4) is 0 Å². The molecule has 2 aromatic rings. The molecule has 0 fully saturated rings. The summed E-state index contributed by atoms with van der Waals surface area (Å²) in [6, 6.07) is 13.2. The van der Waals surface area contributed by atoms with Crippen LogP contribution in [0.5, 0.6) is 11.5 Å². The Balaban J connectivity index is 2.01. The highest BCUT2D eigenvalue weighted by Gasteiger charge is 2.15. The fourth-order valence-corrected chi connectivity index (χ4v) is 2.13. The number of hydrogen-bond donors (Lipinski definition) is 0. The summed E-state index contributed by atoms with van der Waals surface area (Å²) < 4.78 is 15.9. The Morgan fingerprint density at radius 1 is 0.920 bits per heavy atom. The van der Waals surface area contributed by atoms with Crippen molar-refractivity contribution in [1.82, 2.24) is 0 Å². The Hall–Kier alpha value is -2.82. The smallest absolute Gasteiger partial charge is 0.347 e. The van der Waals surface area contributed by atoms with Gasteiger partial charge in [0.25, 0.3) is 0 Å². The van der Waals surface area contributed by atoms with Crippen LogP contribution in [0.4, 0.5) is 0 Å². The first-order valence-corrected chi connectivity index (χ1v) is 8.37. The molecular formula is C20H22O5. The summed E-state index contributed by atoms with van der Waals surface area (Å²) >= 11 is 0. The number of carbonyl (C=O) groups is 2. The average molecular weight is 342 g/mol. The Kier molecular flexibility index (Phi) is 7.01. The number of esters is 2. The van der Waals surface area contributed by atoms with E-state index in [0.29, 0.717) is 35.8 Å². The van der Waals surface area contributed by atoms with Gasteiger partial charge < -0.3 is 14.2 Å². The molecule has 0 spiro atoms. The fraction of sp³-hybridized carbons (Fsp3) is 0.300. The van der Waals surface area contributed by atoms with Crippen molar-refractivity contribution in [2.24, 2.45) is 0 Å². The lowest BCUT2D eigenvalue weighted by Crippen LogP contribution is -2.11. The molecule has 0 amide bonds. The zero-order valence-corrected chi connectivity index (χ0v) is 14.5.